The quantitative estimate of drug-likeness (QED) is 0.348. The highest BCUT2D eigenvalue weighted by Crippen LogP contribution is 2.26. The molecule has 0 heterocycles. The van der Waals surface area contributed by atoms with E-state index < -0.39 is 16.1 Å². The molecule has 0 aliphatic rings. The number of methoxy groups -OCH3 is 1. The lowest BCUT2D eigenvalue weighted by Gasteiger charge is -2.31. The number of nitrogens with zero attached hydrogens (tertiary/aromatic N) is 2. The second kappa shape index (κ2) is 14.4. The Kier molecular flexibility index (Phi) is 12.0. The first-order valence-electron chi connectivity index (χ1n) is 12.1. The molecule has 8 nitrogen and oxygen atoms in total. The first kappa shape index (κ1) is 30.7. The molecule has 11 heteroatoms. The largest absolute Gasteiger partial charge is 0.497 e. The van der Waals surface area contributed by atoms with E-state index in [1.165, 1.54) is 16.3 Å². The van der Waals surface area contributed by atoms with Crippen molar-refractivity contribution >= 4 is 50.7 Å². The van der Waals surface area contributed by atoms with Crippen molar-refractivity contribution < 1.29 is 22.7 Å². The third-order valence-corrected chi connectivity index (χ3v) is 7.57. The van der Waals surface area contributed by atoms with Gasteiger partial charge in [-0.2, -0.15) is 0 Å². The van der Waals surface area contributed by atoms with Gasteiger partial charge < -0.3 is 15.0 Å². The fourth-order valence-electron chi connectivity index (χ4n) is 3.89. The second-order valence-corrected chi connectivity index (χ2v) is 11.4. The van der Waals surface area contributed by atoms with E-state index in [9.17, 15) is 18.0 Å². The highest BCUT2D eigenvalue weighted by Gasteiger charge is 2.29. The summed E-state index contributed by atoms with van der Waals surface area (Å²) < 4.78 is 31.5. The summed E-state index contributed by atoms with van der Waals surface area (Å²) in [6.07, 6.45) is 2.59. The number of hydrogen-bond donors (Lipinski definition) is 1. The summed E-state index contributed by atoms with van der Waals surface area (Å²) in [4.78, 5) is 27.9. The summed E-state index contributed by atoms with van der Waals surface area (Å²) in [6.45, 7) is 4.51. The van der Waals surface area contributed by atoms with Crippen molar-refractivity contribution in [2.75, 3.05) is 30.8 Å². The molecular weight excluding hydrogens is 537 g/mol. The van der Waals surface area contributed by atoms with Crippen LogP contribution in [0.3, 0.4) is 0 Å². The van der Waals surface area contributed by atoms with E-state index in [0.29, 0.717) is 40.0 Å². The number of hydrogen-bond acceptors (Lipinski definition) is 5. The molecule has 1 N–H and O–H groups in total. The van der Waals surface area contributed by atoms with Gasteiger partial charge >= 0.3 is 0 Å². The predicted octanol–water partition coefficient (Wildman–Crippen LogP) is 4.88. The van der Waals surface area contributed by atoms with Crippen LogP contribution in [-0.2, 0) is 26.2 Å². The summed E-state index contributed by atoms with van der Waals surface area (Å²) in [5, 5.41) is 3.74. The van der Waals surface area contributed by atoms with Crippen molar-refractivity contribution in [2.24, 2.45) is 0 Å². The summed E-state index contributed by atoms with van der Waals surface area (Å²) in [7, 11) is -2.10. The van der Waals surface area contributed by atoms with Gasteiger partial charge in [0.25, 0.3) is 0 Å². The van der Waals surface area contributed by atoms with Gasteiger partial charge in [-0.05, 0) is 49.1 Å². The SMILES string of the molecule is CCCNC(=O)[C@H](CC)N(Cc1ccc(Cl)cc1Cl)C(=O)CCCN(c1cccc(OC)c1)S(C)(=O)=O. The van der Waals surface area contributed by atoms with Crippen molar-refractivity contribution in [3.05, 3.63) is 58.1 Å². The highest BCUT2D eigenvalue weighted by molar-refractivity contribution is 7.92. The summed E-state index contributed by atoms with van der Waals surface area (Å²) in [6, 6.07) is 11.0. The number of rotatable bonds is 14. The molecule has 0 radical (unpaired) electrons. The van der Waals surface area contributed by atoms with Gasteiger partial charge in [-0.1, -0.05) is 49.2 Å². The summed E-state index contributed by atoms with van der Waals surface area (Å²) in [5.41, 5.74) is 1.11. The standard InChI is InChI=1S/C26H35Cl2N3O5S/c1-5-14-29-26(33)24(6-2)30(18-19-12-13-20(27)16-23(19)28)25(32)11-8-15-31(37(4,34)35)21-9-7-10-22(17-21)36-3/h7,9-10,12-13,16-17,24H,5-6,8,11,14-15,18H2,1-4H3,(H,29,33)/t24-/m0/s1. The first-order chi connectivity index (χ1) is 17.5. The van der Waals surface area contributed by atoms with Gasteiger partial charge in [0.05, 0.1) is 19.1 Å². The third kappa shape index (κ3) is 9.09. The molecule has 2 aromatic rings. The minimum Gasteiger partial charge on any atom is -0.497 e. The fourth-order valence-corrected chi connectivity index (χ4v) is 5.31. The van der Waals surface area contributed by atoms with Crippen molar-refractivity contribution in [3.63, 3.8) is 0 Å². The Balaban J connectivity index is 2.25. The average molecular weight is 573 g/mol. The van der Waals surface area contributed by atoms with Crippen molar-refractivity contribution in [3.8, 4) is 5.75 Å². The zero-order valence-corrected chi connectivity index (χ0v) is 24.0. The Morgan fingerprint density at radius 1 is 1.11 bits per heavy atom. The molecule has 0 fully saturated rings. The van der Waals surface area contributed by atoms with Crippen LogP contribution in [0.5, 0.6) is 5.75 Å². The van der Waals surface area contributed by atoms with E-state index in [2.05, 4.69) is 5.32 Å². The van der Waals surface area contributed by atoms with E-state index in [0.717, 1.165) is 12.7 Å². The lowest BCUT2D eigenvalue weighted by Crippen LogP contribution is -2.49. The fraction of sp³-hybridized carbons (Fsp3) is 0.462. The minimum atomic E-state index is -3.61. The Morgan fingerprint density at radius 2 is 1.84 bits per heavy atom. The first-order valence-corrected chi connectivity index (χ1v) is 14.7. The van der Waals surface area contributed by atoms with Gasteiger partial charge in [-0.25, -0.2) is 8.42 Å². The van der Waals surface area contributed by atoms with Gasteiger partial charge in [-0.3, -0.25) is 13.9 Å². The smallest absolute Gasteiger partial charge is 0.242 e. The summed E-state index contributed by atoms with van der Waals surface area (Å²) in [5.74, 6) is 0.0117. The molecule has 2 amide bonds. The van der Waals surface area contributed by atoms with Crippen molar-refractivity contribution in [1.29, 1.82) is 0 Å². The molecule has 0 spiro atoms. The van der Waals surface area contributed by atoms with Crippen LogP contribution in [0.1, 0.15) is 45.1 Å². The van der Waals surface area contributed by atoms with E-state index >= 15 is 0 Å². The molecule has 0 unspecified atom stereocenters. The van der Waals surface area contributed by atoms with Gasteiger partial charge in [0.15, 0.2) is 0 Å². The third-order valence-electron chi connectivity index (χ3n) is 5.78. The number of amides is 2. The number of sulfonamides is 1. The van der Waals surface area contributed by atoms with E-state index in [1.807, 2.05) is 13.8 Å². The van der Waals surface area contributed by atoms with Crippen molar-refractivity contribution in [2.45, 2.75) is 52.1 Å². The average Bonchev–Trinajstić information content (AvgIpc) is 2.85. The molecule has 0 aliphatic carbocycles. The number of ether oxygens (including phenoxy) is 1. The monoisotopic (exact) mass is 571 g/mol. The maximum absolute atomic E-state index is 13.5. The Bertz CT molecular complexity index is 1180. The normalized spacial score (nSPS) is 12.1. The lowest BCUT2D eigenvalue weighted by molar-refractivity contribution is -0.141. The van der Waals surface area contributed by atoms with E-state index in [4.69, 9.17) is 27.9 Å². The number of carbonyl (C=O) groups is 2. The Labute approximate surface area is 229 Å². The number of nitrogens with one attached hydrogen (secondary N) is 1. The van der Waals surface area contributed by atoms with Crippen LogP contribution in [0.25, 0.3) is 0 Å². The molecule has 0 saturated carbocycles. The number of halogens is 2. The van der Waals surface area contributed by atoms with Crippen LogP contribution in [0.4, 0.5) is 5.69 Å². The van der Waals surface area contributed by atoms with Crippen LogP contribution >= 0.6 is 23.2 Å². The van der Waals surface area contributed by atoms with Gasteiger partial charge in [-0.15, -0.1) is 0 Å². The molecule has 2 aromatic carbocycles. The van der Waals surface area contributed by atoms with E-state index in [-0.39, 0.29) is 37.7 Å². The predicted molar refractivity (Wildman–Crippen MR) is 149 cm³/mol. The molecule has 2 rings (SSSR count). The van der Waals surface area contributed by atoms with Gasteiger partial charge in [0.1, 0.15) is 11.8 Å². The van der Waals surface area contributed by atoms with E-state index in [1.54, 1.807) is 42.5 Å². The summed E-state index contributed by atoms with van der Waals surface area (Å²) >= 11 is 12.4. The highest BCUT2D eigenvalue weighted by atomic mass is 35.5. The van der Waals surface area contributed by atoms with Gasteiger partial charge in [0.2, 0.25) is 21.8 Å². The zero-order valence-electron chi connectivity index (χ0n) is 21.7. The molecule has 0 aliphatic heterocycles. The molecule has 1 atom stereocenters. The number of carbonyl (C=O) groups excluding carboxylic acids is 2. The molecule has 0 saturated heterocycles. The maximum atomic E-state index is 13.5. The van der Waals surface area contributed by atoms with Crippen molar-refractivity contribution in [1.82, 2.24) is 10.2 Å². The lowest BCUT2D eigenvalue weighted by atomic mass is 10.1. The molecule has 0 bridgehead atoms. The Morgan fingerprint density at radius 3 is 2.43 bits per heavy atom. The molecule has 0 aromatic heterocycles. The van der Waals surface area contributed by atoms with Crippen LogP contribution in [0.2, 0.25) is 10.0 Å². The second-order valence-electron chi connectivity index (χ2n) is 8.61. The minimum absolute atomic E-state index is 0.0404. The Hall–Kier alpha value is -2.49. The van der Waals surface area contributed by atoms with Gasteiger partial charge in [0, 0.05) is 42.2 Å². The van der Waals surface area contributed by atoms with Crippen LogP contribution in [-0.4, -0.2) is 57.6 Å². The number of anilines is 1. The number of benzene rings is 2. The van der Waals surface area contributed by atoms with Crippen LogP contribution in [0, 0.1) is 0 Å². The maximum Gasteiger partial charge on any atom is 0.242 e. The topological polar surface area (TPSA) is 96.0 Å². The zero-order chi connectivity index (χ0) is 27.6. The van der Waals surface area contributed by atoms with Crippen LogP contribution < -0.4 is 14.4 Å². The molecular formula is C26H35Cl2N3O5S. The molecule has 204 valence electrons. The molecule has 37 heavy (non-hydrogen) atoms. The van der Waals surface area contributed by atoms with Crippen LogP contribution in [0.15, 0.2) is 42.5 Å².